The Bertz CT molecular complexity index is 1450. The van der Waals surface area contributed by atoms with Crippen LogP contribution in [0.3, 0.4) is 0 Å². The van der Waals surface area contributed by atoms with E-state index in [1.165, 1.54) is 31.0 Å². The number of unbranched alkanes of at least 4 members (excludes halogenated alkanes) is 1. The summed E-state index contributed by atoms with van der Waals surface area (Å²) in [5, 5.41) is 11.4. The summed E-state index contributed by atoms with van der Waals surface area (Å²) in [5.74, 6) is -1.28. The van der Waals surface area contributed by atoms with Gasteiger partial charge >= 0.3 is 21.5 Å². The molecule has 13 nitrogen and oxygen atoms in total. The Labute approximate surface area is 382 Å². The number of methoxy groups -OCH3 is 1. The SMILES string of the molecule is C.C.CCC(C)c1ccc(C([O-])=NS(=O)(=O)C(F)(F)F)cc1.CCCC[Si](C)(C)O[Si](C)(C)CCCOC(=O)C(C)(C)CC.COCCOCCOCCOCC[NH+]1CCOCC1. The van der Waals surface area contributed by atoms with E-state index in [0.29, 0.717) is 46.2 Å². The number of hydrogen-bond acceptors (Lipinski definition) is 11. The molecule has 1 saturated heterocycles. The van der Waals surface area contributed by atoms with E-state index in [0.717, 1.165) is 70.3 Å². The predicted octanol–water partition coefficient (Wildman–Crippen LogP) is 7.61. The van der Waals surface area contributed by atoms with E-state index in [4.69, 9.17) is 32.5 Å². The van der Waals surface area contributed by atoms with Crippen molar-refractivity contribution in [2.24, 2.45) is 9.81 Å². The largest absolute Gasteiger partial charge is 0.858 e. The average molecular weight is 965 g/mol. The van der Waals surface area contributed by atoms with Gasteiger partial charge in [0, 0.05) is 13.0 Å². The van der Waals surface area contributed by atoms with E-state index < -0.39 is 38.1 Å². The maximum atomic E-state index is 12.1. The number of quaternary nitrogens is 1. The van der Waals surface area contributed by atoms with Gasteiger partial charge in [-0.15, -0.1) is 0 Å². The number of benzene rings is 1. The van der Waals surface area contributed by atoms with Crippen molar-refractivity contribution in [2.45, 2.75) is 138 Å². The molecular formula is C44H87F3N2O11SSi2. The quantitative estimate of drug-likeness (QED) is 0.0305. The van der Waals surface area contributed by atoms with Crippen molar-refractivity contribution in [2.75, 3.05) is 92.8 Å². The van der Waals surface area contributed by atoms with E-state index in [1.807, 2.05) is 34.6 Å². The fourth-order valence-corrected chi connectivity index (χ4v) is 15.1. The Morgan fingerprint density at radius 2 is 1.33 bits per heavy atom. The summed E-state index contributed by atoms with van der Waals surface area (Å²) in [5.41, 5.74) is -5.23. The van der Waals surface area contributed by atoms with Crippen molar-refractivity contribution in [3.63, 3.8) is 0 Å². The van der Waals surface area contributed by atoms with Crippen LogP contribution < -0.4 is 10.0 Å². The lowest BCUT2D eigenvalue weighted by Gasteiger charge is -2.34. The molecule has 1 aromatic carbocycles. The van der Waals surface area contributed by atoms with Crippen LogP contribution in [0, 0.1) is 5.41 Å². The van der Waals surface area contributed by atoms with Gasteiger partial charge in [0.25, 0.3) is 0 Å². The molecule has 1 aromatic rings. The van der Waals surface area contributed by atoms with Gasteiger partial charge in [-0.05, 0) is 88.4 Å². The highest BCUT2D eigenvalue weighted by molar-refractivity contribution is 7.91. The number of sulfonamides is 1. The van der Waals surface area contributed by atoms with Crippen molar-refractivity contribution in [1.82, 2.24) is 0 Å². The molecule has 0 aliphatic carbocycles. The molecule has 1 fully saturated rings. The number of alkyl halides is 3. The number of nitrogens with one attached hydrogen (secondary N) is 1. The summed E-state index contributed by atoms with van der Waals surface area (Å²) < 4.78 is 98.4. The zero-order valence-electron chi connectivity index (χ0n) is 39.0. The molecular weight excluding hydrogens is 878 g/mol. The van der Waals surface area contributed by atoms with Gasteiger partial charge < -0.3 is 42.5 Å². The van der Waals surface area contributed by atoms with Crippen LogP contribution in [-0.4, -0.2) is 135 Å². The summed E-state index contributed by atoms with van der Waals surface area (Å²) in [7, 11) is -7.31. The van der Waals surface area contributed by atoms with Crippen LogP contribution >= 0.6 is 0 Å². The third-order valence-corrected chi connectivity index (χ3v) is 18.6. The third kappa shape index (κ3) is 30.8. The van der Waals surface area contributed by atoms with Crippen LogP contribution in [0.1, 0.15) is 106 Å². The molecule has 19 heteroatoms. The molecule has 2 rings (SSSR count). The number of nitrogens with zero attached hydrogens (tertiary/aromatic N) is 1. The van der Waals surface area contributed by atoms with Crippen molar-refractivity contribution < 1.29 is 68.9 Å². The molecule has 1 heterocycles. The fraction of sp³-hybridized carbons (Fsp3) is 0.818. The Hall–Kier alpha value is -1.95. The maximum absolute atomic E-state index is 12.1. The maximum Gasteiger partial charge on any atom is 0.518 e. The van der Waals surface area contributed by atoms with Gasteiger partial charge in [-0.2, -0.15) is 26.0 Å². The Kier molecular flexibility index (Phi) is 35.6. The first-order valence-corrected chi connectivity index (χ1v) is 29.3. The standard InChI is InChI=1S/C17H38O3Si2.C13H27NO5.C12H14F3NO3S.2CH4/c1-9-11-14-21(5,6)20-22(7,8)15-12-13-19-16(18)17(3,4)10-2;1-15-8-9-18-12-13-19-11-10-17-7-4-14-2-5-16-6-3-14;1-3-8(2)9-4-6-10(7-5-9)11(17)16-20(18,19)12(13,14)15;;/h9-15H2,1-8H3;2-13H2,1H3;4-8H,3H2,1-2H3,(H,16,17);2*1H4. The molecule has 1 unspecified atom stereocenters. The number of ether oxygens (including phenoxy) is 6. The normalized spacial score (nSPS) is 14.5. The molecule has 1 aliphatic heterocycles. The van der Waals surface area contributed by atoms with E-state index in [9.17, 15) is 31.5 Å². The highest BCUT2D eigenvalue weighted by Crippen LogP contribution is 2.27. The minimum absolute atomic E-state index is 0. The zero-order valence-corrected chi connectivity index (χ0v) is 41.8. The topological polar surface area (TPSA) is 156 Å². The number of esters is 1. The van der Waals surface area contributed by atoms with E-state index in [1.54, 1.807) is 24.1 Å². The molecule has 0 aromatic heterocycles. The first kappa shape index (κ1) is 65.3. The number of morpholine rings is 1. The van der Waals surface area contributed by atoms with E-state index in [-0.39, 0.29) is 37.7 Å². The lowest BCUT2D eigenvalue weighted by atomic mass is 9.91. The smallest absolute Gasteiger partial charge is 0.518 e. The average Bonchev–Trinajstić information content (AvgIpc) is 3.20. The summed E-state index contributed by atoms with van der Waals surface area (Å²) >= 11 is 0. The van der Waals surface area contributed by atoms with Gasteiger partial charge in [0.2, 0.25) is 0 Å². The molecule has 0 spiro atoms. The Morgan fingerprint density at radius 1 is 0.841 bits per heavy atom. The van der Waals surface area contributed by atoms with Crippen molar-refractivity contribution in [3.05, 3.63) is 35.4 Å². The number of halogens is 3. The van der Waals surface area contributed by atoms with Gasteiger partial charge in [-0.25, -0.2) is 0 Å². The molecule has 1 atom stereocenters. The molecule has 0 saturated carbocycles. The van der Waals surface area contributed by atoms with Crippen LogP contribution in [0.4, 0.5) is 13.2 Å². The van der Waals surface area contributed by atoms with Gasteiger partial charge in [-0.1, -0.05) is 79.7 Å². The first-order chi connectivity index (χ1) is 28.5. The molecule has 1 aliphatic rings. The molecule has 0 radical (unpaired) electrons. The molecule has 0 amide bonds. The molecule has 374 valence electrons. The second-order valence-electron chi connectivity index (χ2n) is 16.9. The molecule has 0 bridgehead atoms. The van der Waals surface area contributed by atoms with E-state index >= 15 is 0 Å². The zero-order chi connectivity index (χ0) is 46.6. The minimum Gasteiger partial charge on any atom is -0.858 e. The lowest BCUT2D eigenvalue weighted by Crippen LogP contribution is -3.14. The van der Waals surface area contributed by atoms with Gasteiger partial charge in [0.05, 0.1) is 71.5 Å². The monoisotopic (exact) mass is 965 g/mol. The second-order valence-corrected chi connectivity index (χ2v) is 27.3. The lowest BCUT2D eigenvalue weighted by molar-refractivity contribution is -0.908. The summed E-state index contributed by atoms with van der Waals surface area (Å²) in [4.78, 5) is 13.5. The molecule has 63 heavy (non-hydrogen) atoms. The van der Waals surface area contributed by atoms with Gasteiger partial charge in [0.1, 0.15) is 19.6 Å². The third-order valence-electron chi connectivity index (χ3n) is 10.1. The second kappa shape index (κ2) is 34.4. The predicted molar refractivity (Wildman–Crippen MR) is 251 cm³/mol. The first-order valence-electron chi connectivity index (χ1n) is 21.7. The van der Waals surface area contributed by atoms with Gasteiger partial charge in [0.15, 0.2) is 16.6 Å². The van der Waals surface area contributed by atoms with Crippen molar-refractivity contribution in [3.8, 4) is 0 Å². The van der Waals surface area contributed by atoms with Crippen LogP contribution in [0.15, 0.2) is 28.7 Å². The van der Waals surface area contributed by atoms with Crippen LogP contribution in [0.25, 0.3) is 0 Å². The minimum atomic E-state index is -5.80. The summed E-state index contributed by atoms with van der Waals surface area (Å²) in [6, 6.07) is 7.97. The number of carbonyl (C=O) groups excluding carboxylic acids is 1. The van der Waals surface area contributed by atoms with Crippen LogP contribution in [-0.2, 0) is 47.4 Å². The number of hydrogen-bond donors (Lipinski definition) is 1. The highest BCUT2D eigenvalue weighted by atomic mass is 32.2. The fourth-order valence-electron chi connectivity index (χ4n) is 5.67. The Morgan fingerprint density at radius 3 is 1.79 bits per heavy atom. The van der Waals surface area contributed by atoms with Gasteiger partial charge in [-0.3, -0.25) is 4.79 Å². The van der Waals surface area contributed by atoms with Crippen molar-refractivity contribution >= 4 is 38.5 Å². The van der Waals surface area contributed by atoms with E-state index in [2.05, 4.69) is 37.5 Å². The molecule has 1 N–H and O–H groups in total. The number of carbonyl (C=O) groups is 1. The number of rotatable bonds is 27. The Balaban J connectivity index is -0.000000845. The van der Waals surface area contributed by atoms with Crippen LogP contribution in [0.5, 0.6) is 0 Å². The van der Waals surface area contributed by atoms with Crippen LogP contribution in [0.2, 0.25) is 38.3 Å². The summed E-state index contributed by atoms with van der Waals surface area (Å²) in [6.45, 7) is 31.4. The summed E-state index contributed by atoms with van der Waals surface area (Å²) in [6.07, 6.45) is 5.11. The highest BCUT2D eigenvalue weighted by Gasteiger charge is 2.45. The van der Waals surface area contributed by atoms with Crippen molar-refractivity contribution in [1.29, 1.82) is 0 Å².